The van der Waals surface area contributed by atoms with E-state index < -0.39 is 0 Å². The van der Waals surface area contributed by atoms with E-state index in [1.165, 1.54) is 12.8 Å². The van der Waals surface area contributed by atoms with Crippen LogP contribution in [0.25, 0.3) is 0 Å². The molecule has 0 aliphatic carbocycles. The Morgan fingerprint density at radius 3 is 2.92 bits per heavy atom. The largest absolute Gasteiger partial charge is 0.308 e. The molecule has 2 rings (SSSR count). The first kappa shape index (κ1) is 9.02. The predicted molar refractivity (Wildman–Crippen MR) is 52.8 cm³/mol. The van der Waals surface area contributed by atoms with Crippen LogP contribution in [0.4, 0.5) is 0 Å². The minimum Gasteiger partial charge on any atom is -0.308 e. The van der Waals surface area contributed by atoms with Gasteiger partial charge in [0, 0.05) is 7.05 Å². The van der Waals surface area contributed by atoms with Crippen LogP contribution in [0.2, 0.25) is 0 Å². The lowest BCUT2D eigenvalue weighted by atomic mass is 10.2. The van der Waals surface area contributed by atoms with E-state index in [0.29, 0.717) is 6.04 Å². The van der Waals surface area contributed by atoms with E-state index in [2.05, 4.69) is 20.1 Å². The molecule has 0 radical (unpaired) electrons. The van der Waals surface area contributed by atoms with E-state index >= 15 is 0 Å². The van der Waals surface area contributed by atoms with E-state index in [0.717, 1.165) is 17.5 Å². The summed E-state index contributed by atoms with van der Waals surface area (Å²) in [7, 11) is 2.03. The van der Waals surface area contributed by atoms with E-state index in [9.17, 15) is 0 Å². The molecular formula is C8H14N4S. The van der Waals surface area contributed by atoms with Crippen molar-refractivity contribution in [1.29, 1.82) is 0 Å². The Kier molecular flexibility index (Phi) is 2.55. The highest BCUT2D eigenvalue weighted by molar-refractivity contribution is 7.98. The maximum absolute atomic E-state index is 4.20. The van der Waals surface area contributed by atoms with Gasteiger partial charge in [-0.2, -0.15) is 0 Å². The van der Waals surface area contributed by atoms with E-state index in [4.69, 9.17) is 0 Å². The van der Waals surface area contributed by atoms with Crippen molar-refractivity contribution in [1.82, 2.24) is 20.1 Å². The predicted octanol–water partition coefficient (Wildman–Crippen LogP) is 0.962. The molecule has 0 bridgehead atoms. The molecule has 4 nitrogen and oxygen atoms in total. The monoisotopic (exact) mass is 198 g/mol. The fraction of sp³-hybridized carbons (Fsp3) is 0.750. The summed E-state index contributed by atoms with van der Waals surface area (Å²) in [5, 5.41) is 12.7. The lowest BCUT2D eigenvalue weighted by molar-refractivity contribution is 0.569. The van der Waals surface area contributed by atoms with Gasteiger partial charge in [-0.3, -0.25) is 0 Å². The van der Waals surface area contributed by atoms with E-state index in [1.807, 2.05) is 13.3 Å². The first-order chi connectivity index (χ1) is 6.33. The van der Waals surface area contributed by atoms with Crippen molar-refractivity contribution in [2.75, 3.05) is 12.8 Å². The minimum absolute atomic E-state index is 0.415. The molecule has 1 unspecified atom stereocenters. The molecule has 1 fully saturated rings. The first-order valence-corrected chi connectivity index (χ1v) is 5.72. The van der Waals surface area contributed by atoms with Crippen LogP contribution in [0.1, 0.15) is 24.7 Å². The molecule has 1 aromatic heterocycles. The molecule has 0 spiro atoms. The Balaban J connectivity index is 2.24. The van der Waals surface area contributed by atoms with Crippen LogP contribution < -0.4 is 5.32 Å². The summed E-state index contributed by atoms with van der Waals surface area (Å²) in [4.78, 5) is 0. The number of hydrogen-bond donors (Lipinski definition) is 1. The number of nitrogens with one attached hydrogen (secondary N) is 1. The maximum atomic E-state index is 4.20. The summed E-state index contributed by atoms with van der Waals surface area (Å²) < 4.78 is 2.08. The fourth-order valence-corrected chi connectivity index (χ4v) is 2.20. The summed E-state index contributed by atoms with van der Waals surface area (Å²) in [6.45, 7) is 1.10. The van der Waals surface area contributed by atoms with Crippen molar-refractivity contribution >= 4 is 11.8 Å². The lowest BCUT2D eigenvalue weighted by Gasteiger charge is -2.08. The highest BCUT2D eigenvalue weighted by atomic mass is 32.2. The molecule has 1 N–H and O–H groups in total. The van der Waals surface area contributed by atoms with Crippen LogP contribution >= 0.6 is 11.8 Å². The lowest BCUT2D eigenvalue weighted by Crippen LogP contribution is -2.17. The smallest absolute Gasteiger partial charge is 0.190 e. The zero-order valence-corrected chi connectivity index (χ0v) is 8.77. The van der Waals surface area contributed by atoms with Crippen molar-refractivity contribution in [3.63, 3.8) is 0 Å². The van der Waals surface area contributed by atoms with Crippen LogP contribution in [0, 0.1) is 0 Å². The average Bonchev–Trinajstić information content (AvgIpc) is 2.72. The fourth-order valence-electron chi connectivity index (χ4n) is 1.71. The normalized spacial score (nSPS) is 22.5. The second-order valence-corrected chi connectivity index (χ2v) is 4.03. The van der Waals surface area contributed by atoms with Gasteiger partial charge in [0.15, 0.2) is 11.0 Å². The van der Waals surface area contributed by atoms with Gasteiger partial charge >= 0.3 is 0 Å². The molecule has 2 heterocycles. The number of hydrogen-bond acceptors (Lipinski definition) is 4. The topological polar surface area (TPSA) is 42.7 Å². The summed E-state index contributed by atoms with van der Waals surface area (Å²) in [6, 6.07) is 0.415. The number of nitrogens with zero attached hydrogens (tertiary/aromatic N) is 3. The van der Waals surface area contributed by atoms with Gasteiger partial charge in [0.2, 0.25) is 0 Å². The third kappa shape index (κ3) is 1.58. The second kappa shape index (κ2) is 3.67. The molecule has 1 saturated heterocycles. The Morgan fingerprint density at radius 1 is 1.54 bits per heavy atom. The second-order valence-electron chi connectivity index (χ2n) is 3.25. The Bertz CT molecular complexity index is 290. The van der Waals surface area contributed by atoms with Gasteiger partial charge < -0.3 is 9.88 Å². The molecule has 1 aliphatic rings. The van der Waals surface area contributed by atoms with E-state index in [1.54, 1.807) is 11.8 Å². The molecule has 13 heavy (non-hydrogen) atoms. The third-order valence-electron chi connectivity index (χ3n) is 2.42. The van der Waals surface area contributed by atoms with Gasteiger partial charge in [-0.25, -0.2) is 0 Å². The van der Waals surface area contributed by atoms with Gasteiger partial charge in [-0.05, 0) is 25.6 Å². The van der Waals surface area contributed by atoms with Crippen molar-refractivity contribution in [2.24, 2.45) is 7.05 Å². The van der Waals surface area contributed by atoms with Gasteiger partial charge in [0.1, 0.15) is 0 Å². The van der Waals surface area contributed by atoms with Crippen LogP contribution in [0.3, 0.4) is 0 Å². The highest BCUT2D eigenvalue weighted by Crippen LogP contribution is 2.23. The summed E-state index contributed by atoms with van der Waals surface area (Å²) in [5.41, 5.74) is 0. The molecule has 5 heteroatoms. The van der Waals surface area contributed by atoms with Crippen LogP contribution in [0.5, 0.6) is 0 Å². The minimum atomic E-state index is 0.415. The van der Waals surface area contributed by atoms with Gasteiger partial charge in [0.25, 0.3) is 0 Å². The SMILES string of the molecule is CSc1nnc(C2CCCN2)n1C. The number of aromatic nitrogens is 3. The molecule has 1 aromatic rings. The zero-order valence-electron chi connectivity index (χ0n) is 7.95. The first-order valence-electron chi connectivity index (χ1n) is 4.49. The van der Waals surface area contributed by atoms with Crippen molar-refractivity contribution in [2.45, 2.75) is 24.0 Å². The number of thioether (sulfide) groups is 1. The van der Waals surface area contributed by atoms with Crippen LogP contribution in [-0.4, -0.2) is 27.6 Å². The van der Waals surface area contributed by atoms with Crippen LogP contribution in [0.15, 0.2) is 5.16 Å². The Hall–Kier alpha value is -0.550. The van der Waals surface area contributed by atoms with Gasteiger partial charge in [0.05, 0.1) is 6.04 Å². The highest BCUT2D eigenvalue weighted by Gasteiger charge is 2.21. The van der Waals surface area contributed by atoms with Crippen molar-refractivity contribution in [3.05, 3.63) is 5.82 Å². The molecule has 72 valence electrons. The quantitative estimate of drug-likeness (QED) is 0.719. The zero-order chi connectivity index (χ0) is 9.26. The number of rotatable bonds is 2. The van der Waals surface area contributed by atoms with Crippen LogP contribution in [-0.2, 0) is 7.05 Å². The average molecular weight is 198 g/mol. The van der Waals surface area contributed by atoms with Crippen molar-refractivity contribution < 1.29 is 0 Å². The van der Waals surface area contributed by atoms with Gasteiger partial charge in [-0.15, -0.1) is 10.2 Å². The molecule has 1 atom stereocenters. The molecular weight excluding hydrogens is 184 g/mol. The molecule has 0 aromatic carbocycles. The Morgan fingerprint density at radius 2 is 2.38 bits per heavy atom. The third-order valence-corrected chi connectivity index (χ3v) is 3.14. The maximum Gasteiger partial charge on any atom is 0.190 e. The standard InChI is InChI=1S/C8H14N4S/c1-12-7(6-4-3-5-9-6)10-11-8(12)13-2/h6,9H,3-5H2,1-2H3. The summed E-state index contributed by atoms with van der Waals surface area (Å²) in [6.07, 6.45) is 4.45. The Labute approximate surface area is 82.1 Å². The molecule has 1 aliphatic heterocycles. The molecule has 0 amide bonds. The molecule has 0 saturated carbocycles. The van der Waals surface area contributed by atoms with Gasteiger partial charge in [-0.1, -0.05) is 11.8 Å². The summed E-state index contributed by atoms with van der Waals surface area (Å²) in [5.74, 6) is 1.07. The van der Waals surface area contributed by atoms with Crippen molar-refractivity contribution in [3.8, 4) is 0 Å². The summed E-state index contributed by atoms with van der Waals surface area (Å²) >= 11 is 1.64. The van der Waals surface area contributed by atoms with E-state index in [-0.39, 0.29) is 0 Å².